The standard InChI is InChI=1S/C13H17NO4/c1-13(2,3)8-5-6-10(18-4)9(7-8)14-11(15)12(16)17/h5-7H,1-4H3,(H,14,15)(H,16,17). The second kappa shape index (κ2) is 5.08. The lowest BCUT2D eigenvalue weighted by molar-refractivity contribution is -0.147. The third-order valence-corrected chi connectivity index (χ3v) is 2.51. The number of amides is 1. The van der Waals surface area contributed by atoms with E-state index in [4.69, 9.17) is 9.84 Å². The number of ether oxygens (including phenoxy) is 1. The van der Waals surface area contributed by atoms with Crippen molar-refractivity contribution in [1.82, 2.24) is 0 Å². The van der Waals surface area contributed by atoms with Crippen molar-refractivity contribution in [2.75, 3.05) is 12.4 Å². The highest BCUT2D eigenvalue weighted by atomic mass is 16.5. The molecular weight excluding hydrogens is 234 g/mol. The van der Waals surface area contributed by atoms with Crippen molar-refractivity contribution in [3.8, 4) is 5.75 Å². The number of benzene rings is 1. The Kier molecular flexibility index (Phi) is 3.96. The normalized spacial score (nSPS) is 10.9. The molecule has 0 heterocycles. The Balaban J connectivity index is 3.14. The smallest absolute Gasteiger partial charge is 0.394 e. The van der Waals surface area contributed by atoms with Gasteiger partial charge in [-0.05, 0) is 23.1 Å². The van der Waals surface area contributed by atoms with E-state index in [1.807, 2.05) is 26.8 Å². The SMILES string of the molecule is COc1ccc(C(C)(C)C)cc1NC(=O)C(=O)O. The van der Waals surface area contributed by atoms with Crippen LogP contribution in [-0.2, 0) is 15.0 Å². The largest absolute Gasteiger partial charge is 0.495 e. The molecule has 0 aliphatic heterocycles. The second-order valence-electron chi connectivity index (χ2n) is 4.92. The second-order valence-corrected chi connectivity index (χ2v) is 4.92. The highest BCUT2D eigenvalue weighted by Crippen LogP contribution is 2.31. The molecule has 0 unspecified atom stereocenters. The summed E-state index contributed by atoms with van der Waals surface area (Å²) in [6, 6.07) is 5.31. The van der Waals surface area contributed by atoms with Gasteiger partial charge in [0.2, 0.25) is 0 Å². The van der Waals surface area contributed by atoms with E-state index in [1.54, 1.807) is 12.1 Å². The molecule has 0 bridgehead atoms. The number of methoxy groups -OCH3 is 1. The lowest BCUT2D eigenvalue weighted by atomic mass is 9.87. The third-order valence-electron chi connectivity index (χ3n) is 2.51. The van der Waals surface area contributed by atoms with Crippen molar-refractivity contribution in [3.05, 3.63) is 23.8 Å². The Hall–Kier alpha value is -2.04. The number of aliphatic carboxylic acids is 1. The lowest BCUT2D eigenvalue weighted by Gasteiger charge is -2.21. The molecule has 18 heavy (non-hydrogen) atoms. The first-order chi connectivity index (χ1) is 8.25. The van der Waals surface area contributed by atoms with E-state index in [2.05, 4.69) is 5.32 Å². The molecule has 0 fully saturated rings. The van der Waals surface area contributed by atoms with Crippen LogP contribution in [0.3, 0.4) is 0 Å². The third kappa shape index (κ3) is 3.23. The molecule has 0 atom stereocenters. The van der Waals surface area contributed by atoms with E-state index < -0.39 is 11.9 Å². The van der Waals surface area contributed by atoms with Gasteiger partial charge in [-0.15, -0.1) is 0 Å². The fourth-order valence-electron chi connectivity index (χ4n) is 1.45. The minimum Gasteiger partial charge on any atom is -0.495 e. The quantitative estimate of drug-likeness (QED) is 0.788. The van der Waals surface area contributed by atoms with E-state index in [0.717, 1.165) is 5.56 Å². The number of rotatable bonds is 2. The van der Waals surface area contributed by atoms with Crippen molar-refractivity contribution < 1.29 is 19.4 Å². The maximum atomic E-state index is 11.2. The van der Waals surface area contributed by atoms with E-state index in [0.29, 0.717) is 11.4 Å². The Morgan fingerprint density at radius 2 is 1.89 bits per heavy atom. The molecular formula is C13H17NO4. The first-order valence-corrected chi connectivity index (χ1v) is 5.48. The zero-order chi connectivity index (χ0) is 13.9. The summed E-state index contributed by atoms with van der Waals surface area (Å²) in [7, 11) is 1.46. The molecule has 0 radical (unpaired) electrons. The Labute approximate surface area is 106 Å². The first kappa shape index (κ1) is 14.0. The van der Waals surface area contributed by atoms with Gasteiger partial charge in [0.25, 0.3) is 0 Å². The van der Waals surface area contributed by atoms with Crippen molar-refractivity contribution in [3.63, 3.8) is 0 Å². The van der Waals surface area contributed by atoms with Gasteiger partial charge in [-0.2, -0.15) is 0 Å². The number of hydrogen-bond acceptors (Lipinski definition) is 3. The predicted octanol–water partition coefficient (Wildman–Crippen LogP) is 2.02. The topological polar surface area (TPSA) is 75.6 Å². The predicted molar refractivity (Wildman–Crippen MR) is 68.0 cm³/mol. The molecule has 98 valence electrons. The summed E-state index contributed by atoms with van der Waals surface area (Å²) in [5.74, 6) is -2.19. The summed E-state index contributed by atoms with van der Waals surface area (Å²) >= 11 is 0. The van der Waals surface area contributed by atoms with E-state index in [9.17, 15) is 9.59 Å². The Morgan fingerprint density at radius 3 is 2.33 bits per heavy atom. The highest BCUT2D eigenvalue weighted by Gasteiger charge is 2.18. The van der Waals surface area contributed by atoms with Crippen LogP contribution in [0.15, 0.2) is 18.2 Å². The molecule has 5 heteroatoms. The van der Waals surface area contributed by atoms with E-state index >= 15 is 0 Å². The zero-order valence-electron chi connectivity index (χ0n) is 10.9. The van der Waals surface area contributed by atoms with Crippen LogP contribution in [0.25, 0.3) is 0 Å². The molecule has 0 aromatic heterocycles. The minimum atomic E-state index is -1.53. The number of carbonyl (C=O) groups excluding carboxylic acids is 1. The van der Waals surface area contributed by atoms with Gasteiger partial charge in [-0.3, -0.25) is 4.79 Å². The Bertz CT molecular complexity index is 474. The average molecular weight is 251 g/mol. The summed E-state index contributed by atoms with van der Waals surface area (Å²) in [5, 5.41) is 10.9. The minimum absolute atomic E-state index is 0.102. The van der Waals surface area contributed by atoms with Crippen LogP contribution in [0.2, 0.25) is 0 Å². The van der Waals surface area contributed by atoms with Gasteiger partial charge in [0.15, 0.2) is 0 Å². The summed E-state index contributed by atoms with van der Waals surface area (Å²) in [6.07, 6.45) is 0. The molecule has 1 aromatic rings. The van der Waals surface area contributed by atoms with Gasteiger partial charge in [-0.25, -0.2) is 4.79 Å². The number of nitrogens with one attached hydrogen (secondary N) is 1. The van der Waals surface area contributed by atoms with Gasteiger partial charge < -0.3 is 15.2 Å². The van der Waals surface area contributed by atoms with Crippen molar-refractivity contribution >= 4 is 17.6 Å². The van der Waals surface area contributed by atoms with Crippen molar-refractivity contribution in [2.45, 2.75) is 26.2 Å². The lowest BCUT2D eigenvalue weighted by Crippen LogP contribution is -2.22. The molecule has 2 N–H and O–H groups in total. The molecule has 0 aliphatic rings. The molecule has 5 nitrogen and oxygen atoms in total. The number of carbonyl (C=O) groups is 2. The molecule has 0 spiro atoms. The number of anilines is 1. The van der Waals surface area contributed by atoms with Crippen LogP contribution in [0, 0.1) is 0 Å². The van der Waals surface area contributed by atoms with Crippen LogP contribution >= 0.6 is 0 Å². The van der Waals surface area contributed by atoms with Crippen LogP contribution < -0.4 is 10.1 Å². The van der Waals surface area contributed by atoms with Crippen LogP contribution in [0.5, 0.6) is 5.75 Å². The fraction of sp³-hybridized carbons (Fsp3) is 0.385. The van der Waals surface area contributed by atoms with Crippen molar-refractivity contribution in [1.29, 1.82) is 0 Å². The summed E-state index contributed by atoms with van der Waals surface area (Å²) < 4.78 is 5.09. The summed E-state index contributed by atoms with van der Waals surface area (Å²) in [6.45, 7) is 6.08. The van der Waals surface area contributed by atoms with Crippen LogP contribution in [0.1, 0.15) is 26.3 Å². The maximum absolute atomic E-state index is 11.2. The van der Waals surface area contributed by atoms with Crippen molar-refractivity contribution in [2.24, 2.45) is 0 Å². The molecule has 1 aromatic carbocycles. The Morgan fingerprint density at radius 1 is 1.28 bits per heavy atom. The molecule has 1 amide bonds. The monoisotopic (exact) mass is 251 g/mol. The number of carboxylic acid groups (broad SMARTS) is 1. The molecule has 1 rings (SSSR count). The summed E-state index contributed by atoms with van der Waals surface area (Å²) in [5.41, 5.74) is 1.23. The number of carboxylic acids is 1. The average Bonchev–Trinajstić information content (AvgIpc) is 2.27. The van der Waals surface area contributed by atoms with Gasteiger partial charge >= 0.3 is 11.9 Å². The van der Waals surface area contributed by atoms with E-state index in [1.165, 1.54) is 7.11 Å². The van der Waals surface area contributed by atoms with E-state index in [-0.39, 0.29) is 5.41 Å². The molecule has 0 aliphatic carbocycles. The number of hydrogen-bond donors (Lipinski definition) is 2. The fourth-order valence-corrected chi connectivity index (χ4v) is 1.45. The molecule has 0 saturated heterocycles. The van der Waals surface area contributed by atoms with Gasteiger partial charge in [0.1, 0.15) is 5.75 Å². The first-order valence-electron chi connectivity index (χ1n) is 5.48. The van der Waals surface area contributed by atoms with Gasteiger partial charge in [0, 0.05) is 0 Å². The van der Waals surface area contributed by atoms with Gasteiger partial charge in [0.05, 0.1) is 12.8 Å². The summed E-state index contributed by atoms with van der Waals surface area (Å²) in [4.78, 5) is 21.7. The highest BCUT2D eigenvalue weighted by molar-refractivity contribution is 6.36. The maximum Gasteiger partial charge on any atom is 0.394 e. The molecule has 0 saturated carbocycles. The van der Waals surface area contributed by atoms with Crippen LogP contribution in [-0.4, -0.2) is 24.1 Å². The van der Waals surface area contributed by atoms with Crippen LogP contribution in [0.4, 0.5) is 5.69 Å². The van der Waals surface area contributed by atoms with Gasteiger partial charge in [-0.1, -0.05) is 26.8 Å². The zero-order valence-corrected chi connectivity index (χ0v) is 10.9.